The standard InChI is InChI=1S/C31H36N2O3/c1-28-12-11-21-22-16-30(22)27(35)26(34)24(33(2)3)17-29(30)13-14-31(21,36-29)25(28)10-9-20(28)18-6-4-8-23-19(18)7-5-15-32-23/h4-9,11,15,22,24-27,34-35H,10,12-14,16-17H2,1-3H3. The Balaban J connectivity index is 1.24. The second-order valence-electron chi connectivity index (χ2n) is 13.0. The summed E-state index contributed by atoms with van der Waals surface area (Å²) in [7, 11) is 4.03. The summed E-state index contributed by atoms with van der Waals surface area (Å²) in [5.41, 5.74) is 4.35. The lowest BCUT2D eigenvalue weighted by Crippen LogP contribution is -2.67. The van der Waals surface area contributed by atoms with Crippen LogP contribution in [0.25, 0.3) is 16.5 Å². The first kappa shape index (κ1) is 22.0. The first-order valence-corrected chi connectivity index (χ1v) is 13.8. The summed E-state index contributed by atoms with van der Waals surface area (Å²) in [6, 6.07) is 10.7. The second-order valence-corrected chi connectivity index (χ2v) is 13.0. The molecule has 0 amide bonds. The Morgan fingerprint density at radius 1 is 1.06 bits per heavy atom. The number of aromatic nitrogens is 1. The van der Waals surface area contributed by atoms with Crippen LogP contribution in [-0.2, 0) is 4.74 Å². The molecule has 2 saturated carbocycles. The van der Waals surface area contributed by atoms with Gasteiger partial charge in [0.2, 0.25) is 0 Å². The average molecular weight is 485 g/mol. The Morgan fingerprint density at radius 3 is 2.75 bits per heavy atom. The third-order valence-electron chi connectivity index (χ3n) is 11.6. The first-order valence-electron chi connectivity index (χ1n) is 13.8. The molecule has 9 atom stereocenters. The molecule has 3 heterocycles. The van der Waals surface area contributed by atoms with E-state index < -0.39 is 12.2 Å². The number of allylic oxidation sites excluding steroid dienone is 3. The smallest absolute Gasteiger partial charge is 0.0961 e. The molecule has 9 unspecified atom stereocenters. The van der Waals surface area contributed by atoms with Gasteiger partial charge in [-0.3, -0.25) is 4.98 Å². The minimum absolute atomic E-state index is 0.00178. The van der Waals surface area contributed by atoms with Gasteiger partial charge in [-0.1, -0.05) is 37.3 Å². The molecule has 5 nitrogen and oxygen atoms in total. The largest absolute Gasteiger partial charge is 0.390 e. The van der Waals surface area contributed by atoms with Crippen LogP contribution < -0.4 is 0 Å². The third-order valence-corrected chi connectivity index (χ3v) is 11.6. The van der Waals surface area contributed by atoms with E-state index >= 15 is 0 Å². The third kappa shape index (κ3) is 2.28. The van der Waals surface area contributed by atoms with E-state index in [0.29, 0.717) is 11.8 Å². The molecule has 4 aliphatic carbocycles. The summed E-state index contributed by atoms with van der Waals surface area (Å²) < 4.78 is 7.46. The molecule has 188 valence electrons. The Hall–Kier alpha value is -2.05. The SMILES string of the molecule is CN(C)C1CC23CCC4(O2)C(=CCC2(C)C(c5cccc6ncccc56)=CCC24)C2CC23C(O)C1O. The molecule has 2 bridgehead atoms. The molecule has 2 saturated heterocycles. The fourth-order valence-corrected chi connectivity index (χ4v) is 9.94. The summed E-state index contributed by atoms with van der Waals surface area (Å²) in [5, 5.41) is 23.9. The van der Waals surface area contributed by atoms with Crippen molar-refractivity contribution in [1.82, 2.24) is 9.88 Å². The summed E-state index contributed by atoms with van der Waals surface area (Å²) in [5.74, 6) is 0.739. The number of benzene rings is 1. The van der Waals surface area contributed by atoms with Gasteiger partial charge >= 0.3 is 0 Å². The van der Waals surface area contributed by atoms with Crippen LogP contribution in [0.5, 0.6) is 0 Å². The number of hydrogen-bond donors (Lipinski definition) is 2. The van der Waals surface area contributed by atoms with Crippen LogP contribution in [0.15, 0.2) is 54.3 Å². The van der Waals surface area contributed by atoms with E-state index in [1.807, 2.05) is 26.4 Å². The van der Waals surface area contributed by atoms with Crippen LogP contribution in [0.3, 0.4) is 0 Å². The van der Waals surface area contributed by atoms with E-state index in [2.05, 4.69) is 53.2 Å². The molecule has 2 aliphatic heterocycles. The molecule has 5 heteroatoms. The Labute approximate surface area is 212 Å². The Kier molecular flexibility index (Phi) is 4.08. The number of rotatable bonds is 2. The van der Waals surface area contributed by atoms with Crippen molar-refractivity contribution in [2.75, 3.05) is 14.1 Å². The van der Waals surface area contributed by atoms with Gasteiger partial charge in [0.05, 0.1) is 28.9 Å². The highest BCUT2D eigenvalue weighted by Gasteiger charge is 2.84. The number of likely N-dealkylation sites (N-methyl/N-ethyl adjacent to an activating group) is 1. The maximum absolute atomic E-state index is 11.5. The number of aliphatic hydroxyl groups is 2. The van der Waals surface area contributed by atoms with Gasteiger partial charge in [0.15, 0.2) is 0 Å². The molecular weight excluding hydrogens is 448 g/mol. The number of nitrogens with zero attached hydrogens (tertiary/aromatic N) is 2. The maximum atomic E-state index is 11.5. The number of hydrogen-bond acceptors (Lipinski definition) is 5. The zero-order valence-electron chi connectivity index (χ0n) is 21.4. The molecule has 0 radical (unpaired) electrons. The number of ether oxygens (including phenoxy) is 1. The van der Waals surface area contributed by atoms with Gasteiger partial charge in [0.25, 0.3) is 0 Å². The van der Waals surface area contributed by atoms with E-state index in [0.717, 1.165) is 44.0 Å². The van der Waals surface area contributed by atoms with Crippen molar-refractivity contribution < 1.29 is 14.9 Å². The molecule has 2 aromatic rings. The van der Waals surface area contributed by atoms with Gasteiger partial charge < -0.3 is 19.8 Å². The fourth-order valence-electron chi connectivity index (χ4n) is 9.94. The average Bonchev–Trinajstić information content (AvgIpc) is 3.40. The van der Waals surface area contributed by atoms with Crippen molar-refractivity contribution in [3.05, 3.63) is 59.8 Å². The summed E-state index contributed by atoms with van der Waals surface area (Å²) in [6.07, 6.45) is 11.2. The number of aliphatic hydroxyl groups excluding tert-OH is 2. The normalized spacial score (nSPS) is 48.1. The van der Waals surface area contributed by atoms with Crippen LogP contribution >= 0.6 is 0 Å². The summed E-state index contributed by atoms with van der Waals surface area (Å²) in [6.45, 7) is 2.46. The Morgan fingerprint density at radius 2 is 1.92 bits per heavy atom. The molecule has 8 rings (SSSR count). The van der Waals surface area contributed by atoms with Crippen molar-refractivity contribution in [3.8, 4) is 0 Å². The van der Waals surface area contributed by atoms with Crippen LogP contribution in [-0.4, -0.2) is 63.6 Å². The van der Waals surface area contributed by atoms with Crippen LogP contribution in [0.2, 0.25) is 0 Å². The number of fused-ring (bicyclic) bond motifs is 3. The zero-order chi connectivity index (χ0) is 24.7. The van der Waals surface area contributed by atoms with Crippen molar-refractivity contribution >= 4 is 16.5 Å². The molecule has 3 spiro atoms. The topological polar surface area (TPSA) is 65.8 Å². The summed E-state index contributed by atoms with van der Waals surface area (Å²) >= 11 is 0. The van der Waals surface area contributed by atoms with Gasteiger partial charge in [0, 0.05) is 34.4 Å². The molecule has 1 aromatic heterocycles. The van der Waals surface area contributed by atoms with E-state index in [9.17, 15) is 10.2 Å². The summed E-state index contributed by atoms with van der Waals surface area (Å²) in [4.78, 5) is 6.71. The second kappa shape index (κ2) is 6.68. The molecule has 6 aliphatic rings. The van der Waals surface area contributed by atoms with E-state index in [1.54, 1.807) is 0 Å². The zero-order valence-corrected chi connectivity index (χ0v) is 21.4. The lowest BCUT2D eigenvalue weighted by Gasteiger charge is -2.59. The molecule has 4 fully saturated rings. The molecular formula is C31H36N2O3. The highest BCUT2D eigenvalue weighted by atomic mass is 16.5. The maximum Gasteiger partial charge on any atom is 0.0961 e. The lowest BCUT2D eigenvalue weighted by molar-refractivity contribution is -0.248. The minimum Gasteiger partial charge on any atom is -0.390 e. The molecule has 36 heavy (non-hydrogen) atoms. The lowest BCUT2D eigenvalue weighted by atomic mass is 9.57. The predicted octanol–water partition coefficient (Wildman–Crippen LogP) is 4.34. The highest BCUT2D eigenvalue weighted by molar-refractivity contribution is 5.93. The highest BCUT2D eigenvalue weighted by Crippen LogP contribution is 2.81. The monoisotopic (exact) mass is 484 g/mol. The van der Waals surface area contributed by atoms with Crippen molar-refractivity contribution in [2.45, 2.75) is 74.9 Å². The molecule has 1 aromatic carbocycles. The Bertz CT molecular complexity index is 1360. The first-order chi connectivity index (χ1) is 17.3. The van der Waals surface area contributed by atoms with Gasteiger partial charge in [-0.15, -0.1) is 0 Å². The predicted molar refractivity (Wildman–Crippen MR) is 139 cm³/mol. The van der Waals surface area contributed by atoms with Gasteiger partial charge in [-0.25, -0.2) is 0 Å². The van der Waals surface area contributed by atoms with Gasteiger partial charge in [-0.2, -0.15) is 0 Å². The van der Waals surface area contributed by atoms with Gasteiger partial charge in [0.1, 0.15) is 0 Å². The van der Waals surface area contributed by atoms with Gasteiger partial charge in [-0.05, 0) is 87.4 Å². The number of pyridine rings is 1. The van der Waals surface area contributed by atoms with Crippen molar-refractivity contribution in [3.63, 3.8) is 0 Å². The van der Waals surface area contributed by atoms with E-state index in [4.69, 9.17) is 4.74 Å². The van der Waals surface area contributed by atoms with E-state index in [1.165, 1.54) is 22.1 Å². The van der Waals surface area contributed by atoms with Crippen LogP contribution in [0, 0.1) is 22.7 Å². The van der Waals surface area contributed by atoms with E-state index in [-0.39, 0.29) is 28.1 Å². The van der Waals surface area contributed by atoms with Crippen LogP contribution in [0.1, 0.15) is 51.0 Å². The quantitative estimate of drug-likeness (QED) is 0.621. The minimum atomic E-state index is -0.727. The fraction of sp³-hybridized carbons (Fsp3) is 0.581. The van der Waals surface area contributed by atoms with Crippen molar-refractivity contribution in [2.24, 2.45) is 22.7 Å². The van der Waals surface area contributed by atoms with Crippen molar-refractivity contribution in [1.29, 1.82) is 0 Å². The van der Waals surface area contributed by atoms with Crippen LogP contribution in [0.4, 0.5) is 0 Å². The molecule has 2 N–H and O–H groups in total.